The summed E-state index contributed by atoms with van der Waals surface area (Å²) in [5, 5.41) is 9.05. The summed E-state index contributed by atoms with van der Waals surface area (Å²) in [5.74, 6) is 0.0306. The molecule has 0 spiro atoms. The molecule has 0 aliphatic carbocycles. The summed E-state index contributed by atoms with van der Waals surface area (Å²) >= 11 is 0. The molecule has 1 aliphatic rings. The lowest BCUT2D eigenvalue weighted by molar-refractivity contribution is 0.0526. The summed E-state index contributed by atoms with van der Waals surface area (Å²) in [4.78, 5) is 13.9. The molecule has 0 N–H and O–H groups in total. The molecule has 0 aromatic heterocycles. The first-order valence-corrected chi connectivity index (χ1v) is 7.07. The van der Waals surface area contributed by atoms with Gasteiger partial charge in [0.2, 0.25) is 0 Å². The van der Waals surface area contributed by atoms with Gasteiger partial charge in [-0.05, 0) is 44.9 Å². The number of hydrogen-bond acceptors (Lipinski definition) is 4. The highest BCUT2D eigenvalue weighted by molar-refractivity contribution is 6.00. The highest BCUT2D eigenvalue weighted by Crippen LogP contribution is 2.27. The van der Waals surface area contributed by atoms with E-state index in [2.05, 4.69) is 11.0 Å². The molecule has 106 valence electrons. The number of carbonyl (C=O) groups is 1. The van der Waals surface area contributed by atoms with E-state index in [-0.39, 0.29) is 11.9 Å². The highest BCUT2D eigenvalue weighted by Gasteiger charge is 2.23. The van der Waals surface area contributed by atoms with Gasteiger partial charge in [-0.25, -0.2) is 0 Å². The van der Waals surface area contributed by atoms with Crippen molar-refractivity contribution in [2.24, 2.45) is 0 Å². The molecule has 1 fully saturated rings. The van der Waals surface area contributed by atoms with Gasteiger partial charge in [-0.1, -0.05) is 0 Å². The van der Waals surface area contributed by atoms with E-state index >= 15 is 0 Å². The Morgan fingerprint density at radius 3 is 3.00 bits per heavy atom. The molecule has 4 nitrogen and oxygen atoms in total. The number of carbonyl (C=O) groups excluding carboxylic acids is 1. The number of ether oxygens (including phenoxy) is 1. The molecule has 1 unspecified atom stereocenters. The molecule has 0 radical (unpaired) electrons. The van der Waals surface area contributed by atoms with Gasteiger partial charge in [-0.3, -0.25) is 4.79 Å². The van der Waals surface area contributed by atoms with Gasteiger partial charge in [0.1, 0.15) is 0 Å². The van der Waals surface area contributed by atoms with Crippen LogP contribution in [0.4, 0.5) is 5.69 Å². The molecule has 4 heteroatoms. The zero-order chi connectivity index (χ0) is 14.5. The molecule has 2 rings (SSSR count). The van der Waals surface area contributed by atoms with Crippen LogP contribution in [0, 0.1) is 11.3 Å². The second kappa shape index (κ2) is 6.53. The summed E-state index contributed by atoms with van der Waals surface area (Å²) in [6, 6.07) is 7.40. The molecule has 1 heterocycles. The third kappa shape index (κ3) is 3.17. The average Bonchev–Trinajstić information content (AvgIpc) is 2.47. The Morgan fingerprint density at radius 1 is 1.55 bits per heavy atom. The zero-order valence-corrected chi connectivity index (χ0v) is 12.1. The number of hydrogen-bond donors (Lipinski definition) is 0. The Hall–Kier alpha value is -1.86. The maximum Gasteiger partial charge on any atom is 0.161 e. The lowest BCUT2D eigenvalue weighted by Crippen LogP contribution is -2.40. The minimum Gasteiger partial charge on any atom is -0.377 e. The smallest absolute Gasteiger partial charge is 0.161 e. The average molecular weight is 272 g/mol. The Morgan fingerprint density at radius 2 is 2.35 bits per heavy atom. The number of rotatable bonds is 4. The van der Waals surface area contributed by atoms with Crippen molar-refractivity contribution in [2.45, 2.75) is 32.8 Å². The van der Waals surface area contributed by atoms with Crippen molar-refractivity contribution in [1.82, 2.24) is 0 Å². The van der Waals surface area contributed by atoms with E-state index in [1.165, 1.54) is 0 Å². The minimum absolute atomic E-state index is 0.0306. The Balaban J connectivity index is 2.30. The quantitative estimate of drug-likeness (QED) is 0.791. The van der Waals surface area contributed by atoms with Gasteiger partial charge in [0, 0.05) is 30.9 Å². The van der Waals surface area contributed by atoms with Crippen molar-refractivity contribution >= 4 is 11.5 Å². The molecule has 1 aromatic rings. The van der Waals surface area contributed by atoms with Crippen LogP contribution in [0.2, 0.25) is 0 Å². The lowest BCUT2D eigenvalue weighted by Gasteiger charge is -2.35. The standard InChI is InChI=1S/C16H20N2O2/c1-3-20-14-5-4-8-18(11-14)16-9-13(10-17)6-7-15(16)12(2)19/h6-7,9,14H,3-5,8,11H2,1-2H3. The fraction of sp³-hybridized carbons (Fsp3) is 0.500. The van der Waals surface area contributed by atoms with Crippen LogP contribution in [-0.4, -0.2) is 31.6 Å². The van der Waals surface area contributed by atoms with Crippen molar-refractivity contribution in [3.8, 4) is 6.07 Å². The van der Waals surface area contributed by atoms with Crippen molar-refractivity contribution in [3.63, 3.8) is 0 Å². The number of ketones is 1. The second-order valence-corrected chi connectivity index (χ2v) is 5.07. The first kappa shape index (κ1) is 14.5. The van der Waals surface area contributed by atoms with Crippen LogP contribution < -0.4 is 4.90 Å². The van der Waals surface area contributed by atoms with Gasteiger partial charge < -0.3 is 9.64 Å². The SMILES string of the molecule is CCOC1CCCN(c2cc(C#N)ccc2C(C)=O)C1. The maximum absolute atomic E-state index is 11.8. The molecule has 1 aliphatic heterocycles. The van der Waals surface area contributed by atoms with E-state index < -0.39 is 0 Å². The van der Waals surface area contributed by atoms with Crippen molar-refractivity contribution < 1.29 is 9.53 Å². The lowest BCUT2D eigenvalue weighted by atomic mass is 10.0. The van der Waals surface area contributed by atoms with Gasteiger partial charge in [-0.2, -0.15) is 5.26 Å². The number of Topliss-reactive ketones (excluding diaryl/α,β-unsaturated/α-hetero) is 1. The normalized spacial score (nSPS) is 18.6. The molecule has 0 bridgehead atoms. The molecule has 20 heavy (non-hydrogen) atoms. The van der Waals surface area contributed by atoms with Crippen LogP contribution in [-0.2, 0) is 4.74 Å². The number of piperidine rings is 1. The first-order chi connectivity index (χ1) is 9.65. The van der Waals surface area contributed by atoms with Crippen molar-refractivity contribution in [1.29, 1.82) is 5.26 Å². The third-order valence-corrected chi connectivity index (χ3v) is 3.63. The van der Waals surface area contributed by atoms with Crippen LogP contribution in [0.3, 0.4) is 0 Å². The Labute approximate surface area is 120 Å². The van der Waals surface area contributed by atoms with Crippen molar-refractivity contribution in [3.05, 3.63) is 29.3 Å². The van der Waals surface area contributed by atoms with E-state index in [1.807, 2.05) is 13.0 Å². The van der Waals surface area contributed by atoms with Gasteiger partial charge in [0.05, 0.1) is 17.7 Å². The highest BCUT2D eigenvalue weighted by atomic mass is 16.5. The fourth-order valence-corrected chi connectivity index (χ4v) is 2.69. The van der Waals surface area contributed by atoms with Gasteiger partial charge in [0.25, 0.3) is 0 Å². The van der Waals surface area contributed by atoms with Crippen LogP contribution in [0.5, 0.6) is 0 Å². The first-order valence-electron chi connectivity index (χ1n) is 7.07. The predicted octanol–water partition coefficient (Wildman–Crippen LogP) is 2.77. The number of nitriles is 1. The monoisotopic (exact) mass is 272 g/mol. The summed E-state index contributed by atoms with van der Waals surface area (Å²) in [7, 11) is 0. The van der Waals surface area contributed by atoms with Crippen molar-refractivity contribution in [2.75, 3.05) is 24.6 Å². The number of nitrogens with zero attached hydrogens (tertiary/aromatic N) is 2. The van der Waals surface area contributed by atoms with Crippen LogP contribution in [0.15, 0.2) is 18.2 Å². The predicted molar refractivity (Wildman–Crippen MR) is 78.0 cm³/mol. The molecule has 1 atom stereocenters. The van der Waals surface area contributed by atoms with E-state index in [4.69, 9.17) is 10.00 Å². The topological polar surface area (TPSA) is 53.3 Å². The van der Waals surface area contributed by atoms with Gasteiger partial charge in [-0.15, -0.1) is 0 Å². The Bertz CT molecular complexity index is 532. The zero-order valence-electron chi connectivity index (χ0n) is 12.1. The minimum atomic E-state index is 0.0306. The van der Waals surface area contributed by atoms with Gasteiger partial charge in [0.15, 0.2) is 5.78 Å². The summed E-state index contributed by atoms with van der Waals surface area (Å²) < 4.78 is 5.70. The molecule has 0 amide bonds. The van der Waals surface area contributed by atoms with E-state index in [0.29, 0.717) is 17.7 Å². The summed E-state index contributed by atoms with van der Waals surface area (Å²) in [6.07, 6.45) is 2.30. The van der Waals surface area contributed by atoms with Gasteiger partial charge >= 0.3 is 0 Å². The second-order valence-electron chi connectivity index (χ2n) is 5.07. The summed E-state index contributed by atoms with van der Waals surface area (Å²) in [6.45, 7) is 5.95. The third-order valence-electron chi connectivity index (χ3n) is 3.63. The van der Waals surface area contributed by atoms with E-state index in [9.17, 15) is 4.79 Å². The molecule has 1 aromatic carbocycles. The maximum atomic E-state index is 11.8. The van der Waals surface area contributed by atoms with E-state index in [0.717, 1.165) is 31.6 Å². The van der Waals surface area contributed by atoms with E-state index in [1.54, 1.807) is 19.1 Å². The summed E-state index contributed by atoms with van der Waals surface area (Å²) in [5.41, 5.74) is 2.13. The van der Waals surface area contributed by atoms with Crippen LogP contribution in [0.25, 0.3) is 0 Å². The largest absolute Gasteiger partial charge is 0.377 e. The number of anilines is 1. The molecular formula is C16H20N2O2. The van der Waals surface area contributed by atoms with Crippen LogP contribution in [0.1, 0.15) is 42.6 Å². The fourth-order valence-electron chi connectivity index (χ4n) is 2.69. The molecule has 0 saturated carbocycles. The molecular weight excluding hydrogens is 252 g/mol. The molecule has 1 saturated heterocycles. The Kier molecular flexibility index (Phi) is 4.75. The van der Waals surface area contributed by atoms with Crippen LogP contribution >= 0.6 is 0 Å². The number of benzene rings is 1.